The zero-order valence-electron chi connectivity index (χ0n) is 19.9. The number of aliphatic hydroxyl groups excluding tert-OH is 1. The molecule has 3 aromatic carbocycles. The van der Waals surface area contributed by atoms with Gasteiger partial charge in [0.1, 0.15) is 5.76 Å². The smallest absolute Gasteiger partial charge is 0.338 e. The van der Waals surface area contributed by atoms with E-state index in [1.807, 2.05) is 37.3 Å². The number of hydrogen-bond donors (Lipinski definition) is 1. The molecule has 1 aliphatic heterocycles. The van der Waals surface area contributed by atoms with E-state index in [4.69, 9.17) is 4.74 Å². The van der Waals surface area contributed by atoms with Gasteiger partial charge in [0.2, 0.25) is 0 Å². The van der Waals surface area contributed by atoms with Crippen molar-refractivity contribution >= 4 is 23.4 Å². The van der Waals surface area contributed by atoms with Gasteiger partial charge in [-0.05, 0) is 44.0 Å². The van der Waals surface area contributed by atoms with Gasteiger partial charge in [-0.25, -0.2) is 4.79 Å². The number of carbonyl (C=O) groups excluding carboxylic acids is 3. The van der Waals surface area contributed by atoms with Crippen LogP contribution in [0.25, 0.3) is 5.76 Å². The third-order valence-corrected chi connectivity index (χ3v) is 5.83. The van der Waals surface area contributed by atoms with E-state index >= 15 is 0 Å². The largest absolute Gasteiger partial charge is 0.507 e. The molecule has 1 unspecified atom stereocenters. The molecule has 6 heteroatoms. The Hall–Kier alpha value is -4.19. The number of nitrogens with zero attached hydrogens (tertiary/aromatic N) is 1. The number of aryl methyl sites for hydroxylation is 1. The van der Waals surface area contributed by atoms with E-state index in [2.05, 4.69) is 0 Å². The molecule has 6 nitrogen and oxygen atoms in total. The van der Waals surface area contributed by atoms with E-state index in [1.54, 1.807) is 62.4 Å². The quantitative estimate of drug-likeness (QED) is 0.233. The van der Waals surface area contributed by atoms with Crippen LogP contribution in [-0.4, -0.2) is 33.8 Å². The van der Waals surface area contributed by atoms with E-state index in [0.29, 0.717) is 11.1 Å². The topological polar surface area (TPSA) is 83.9 Å². The number of ether oxygens (including phenoxy) is 1. The van der Waals surface area contributed by atoms with Crippen molar-refractivity contribution in [2.45, 2.75) is 39.5 Å². The minimum atomic E-state index is -0.749. The normalized spacial score (nSPS) is 17.1. The van der Waals surface area contributed by atoms with Gasteiger partial charge in [-0.2, -0.15) is 0 Å². The molecule has 0 radical (unpaired) electrons. The van der Waals surface area contributed by atoms with E-state index in [9.17, 15) is 19.5 Å². The van der Waals surface area contributed by atoms with Crippen molar-refractivity contribution in [3.63, 3.8) is 0 Å². The molecule has 0 aromatic heterocycles. The van der Waals surface area contributed by atoms with Crippen LogP contribution in [0.4, 0.5) is 0 Å². The summed E-state index contributed by atoms with van der Waals surface area (Å²) in [6, 6.07) is 22.3. The number of rotatable bonds is 6. The predicted octanol–water partition coefficient (Wildman–Crippen LogP) is 5.18. The maximum absolute atomic E-state index is 13.2. The Bertz CT molecular complexity index is 1290. The van der Waals surface area contributed by atoms with Gasteiger partial charge < -0.3 is 14.7 Å². The van der Waals surface area contributed by atoms with Gasteiger partial charge >= 0.3 is 5.97 Å². The molecule has 4 rings (SSSR count). The number of aliphatic hydroxyl groups is 1. The van der Waals surface area contributed by atoms with Gasteiger partial charge in [-0.1, -0.05) is 72.3 Å². The first-order chi connectivity index (χ1) is 16.8. The standard InChI is InChI=1S/C29H27NO5/c1-18(2)35-29(34)22-14-12-20(13-15-22)17-30-25(23-11-7-8-19(3)16-23)24(27(32)28(30)33)26(31)21-9-5-4-6-10-21/h4-16,18,25,31H,17H2,1-3H3/b26-24+. The molecule has 35 heavy (non-hydrogen) atoms. The monoisotopic (exact) mass is 469 g/mol. The number of benzene rings is 3. The highest BCUT2D eigenvalue weighted by Crippen LogP contribution is 2.40. The van der Waals surface area contributed by atoms with Gasteiger partial charge in [0.15, 0.2) is 0 Å². The molecular formula is C29H27NO5. The average molecular weight is 470 g/mol. The van der Waals surface area contributed by atoms with Crippen LogP contribution in [-0.2, 0) is 20.9 Å². The molecule has 178 valence electrons. The number of likely N-dealkylation sites (tertiary alicyclic amines) is 1. The fourth-order valence-electron chi connectivity index (χ4n) is 4.21. The Morgan fingerprint density at radius 2 is 1.63 bits per heavy atom. The van der Waals surface area contributed by atoms with Crippen LogP contribution in [0, 0.1) is 6.92 Å². The van der Waals surface area contributed by atoms with Crippen molar-refractivity contribution in [3.05, 3.63) is 112 Å². The zero-order chi connectivity index (χ0) is 25.1. The van der Waals surface area contributed by atoms with Crippen molar-refractivity contribution in [1.82, 2.24) is 4.90 Å². The van der Waals surface area contributed by atoms with E-state index in [0.717, 1.165) is 16.7 Å². The van der Waals surface area contributed by atoms with Crippen LogP contribution >= 0.6 is 0 Å². The minimum absolute atomic E-state index is 0.0592. The first-order valence-electron chi connectivity index (χ1n) is 11.5. The molecule has 1 saturated heterocycles. The van der Waals surface area contributed by atoms with Crippen molar-refractivity contribution < 1.29 is 24.2 Å². The van der Waals surface area contributed by atoms with Crippen molar-refractivity contribution in [2.75, 3.05) is 0 Å². The van der Waals surface area contributed by atoms with E-state index < -0.39 is 23.7 Å². The highest BCUT2D eigenvalue weighted by atomic mass is 16.5. The predicted molar refractivity (Wildman–Crippen MR) is 132 cm³/mol. The summed E-state index contributed by atoms with van der Waals surface area (Å²) >= 11 is 0. The fraction of sp³-hybridized carbons (Fsp3) is 0.207. The first-order valence-corrected chi connectivity index (χ1v) is 11.5. The van der Waals surface area contributed by atoms with Crippen molar-refractivity contribution in [2.24, 2.45) is 0 Å². The SMILES string of the molecule is Cc1cccc(C2/C(=C(\O)c3ccccc3)C(=O)C(=O)N2Cc2ccc(C(=O)OC(C)C)cc2)c1. The first kappa shape index (κ1) is 24.0. The van der Waals surface area contributed by atoms with Crippen LogP contribution in [0.3, 0.4) is 0 Å². The zero-order valence-corrected chi connectivity index (χ0v) is 19.9. The number of Topliss-reactive ketones (excluding diaryl/α,β-unsaturated/α-hetero) is 1. The lowest BCUT2D eigenvalue weighted by atomic mass is 9.94. The summed E-state index contributed by atoms with van der Waals surface area (Å²) in [7, 11) is 0. The second-order valence-electron chi connectivity index (χ2n) is 8.86. The second-order valence-corrected chi connectivity index (χ2v) is 8.86. The van der Waals surface area contributed by atoms with Gasteiger partial charge in [0.25, 0.3) is 11.7 Å². The van der Waals surface area contributed by atoms with Crippen LogP contribution in [0.15, 0.2) is 84.4 Å². The maximum atomic E-state index is 13.2. The summed E-state index contributed by atoms with van der Waals surface area (Å²) < 4.78 is 5.23. The Kier molecular flexibility index (Phi) is 6.82. The highest BCUT2D eigenvalue weighted by molar-refractivity contribution is 6.46. The molecule has 0 aliphatic carbocycles. The number of ketones is 1. The molecule has 1 atom stereocenters. The minimum Gasteiger partial charge on any atom is -0.507 e. The van der Waals surface area contributed by atoms with Crippen molar-refractivity contribution in [3.8, 4) is 0 Å². The second kappa shape index (κ2) is 9.97. The molecule has 0 saturated carbocycles. The summed E-state index contributed by atoms with van der Waals surface area (Å²) in [5.41, 5.74) is 3.38. The third kappa shape index (κ3) is 5.01. The summed E-state index contributed by atoms with van der Waals surface area (Å²) in [5.74, 6) is -2.04. The highest BCUT2D eigenvalue weighted by Gasteiger charge is 2.46. The van der Waals surface area contributed by atoms with Crippen molar-refractivity contribution in [1.29, 1.82) is 0 Å². The van der Waals surface area contributed by atoms with Crippen LogP contribution < -0.4 is 0 Å². The molecule has 0 spiro atoms. The van der Waals surface area contributed by atoms with E-state index in [-0.39, 0.29) is 24.0 Å². The summed E-state index contributed by atoms with van der Waals surface area (Å²) in [6.07, 6.45) is -0.229. The van der Waals surface area contributed by atoms with Gasteiger partial charge in [-0.3, -0.25) is 9.59 Å². The molecule has 0 bridgehead atoms. The molecule has 1 N–H and O–H groups in total. The fourth-order valence-corrected chi connectivity index (χ4v) is 4.21. The molecule has 3 aromatic rings. The lowest BCUT2D eigenvalue weighted by Gasteiger charge is -2.26. The molecule has 1 heterocycles. The number of amides is 1. The summed E-state index contributed by atoms with van der Waals surface area (Å²) in [4.78, 5) is 40.0. The number of hydrogen-bond acceptors (Lipinski definition) is 5. The third-order valence-electron chi connectivity index (χ3n) is 5.83. The Morgan fingerprint density at radius 1 is 0.943 bits per heavy atom. The summed E-state index contributed by atoms with van der Waals surface area (Å²) in [6.45, 7) is 5.63. The maximum Gasteiger partial charge on any atom is 0.338 e. The van der Waals surface area contributed by atoms with Gasteiger partial charge in [0, 0.05) is 12.1 Å². The lowest BCUT2D eigenvalue weighted by molar-refractivity contribution is -0.140. The van der Waals surface area contributed by atoms with Crippen LogP contribution in [0.5, 0.6) is 0 Å². The Labute approximate surface area is 204 Å². The molecule has 1 amide bonds. The number of carbonyl (C=O) groups is 3. The Balaban J connectivity index is 1.73. The molecule has 1 fully saturated rings. The van der Waals surface area contributed by atoms with Gasteiger partial charge in [0.05, 0.1) is 23.3 Å². The Morgan fingerprint density at radius 3 is 2.26 bits per heavy atom. The van der Waals surface area contributed by atoms with Crippen LogP contribution in [0.2, 0.25) is 0 Å². The number of esters is 1. The van der Waals surface area contributed by atoms with Gasteiger partial charge in [-0.15, -0.1) is 0 Å². The van der Waals surface area contributed by atoms with E-state index in [1.165, 1.54) is 4.90 Å². The lowest BCUT2D eigenvalue weighted by Crippen LogP contribution is -2.29. The molecular weight excluding hydrogens is 442 g/mol. The summed E-state index contributed by atoms with van der Waals surface area (Å²) in [5, 5.41) is 11.1. The van der Waals surface area contributed by atoms with Crippen LogP contribution in [0.1, 0.15) is 52.5 Å². The average Bonchev–Trinajstić information content (AvgIpc) is 3.09. The molecule has 1 aliphatic rings.